The standard InChI is InChI=1S/C25H24N2O4S/c1-15-8-9-19(14-16(15)2)27-23(28)17(3)32-20-12-10-18(11-13-20)26-24(29)21-6-4-5-7-22(21)25(30)31/h4-14,17H,1-3H3,(H,26,29)(H,27,28)(H,30,31). The monoisotopic (exact) mass is 448 g/mol. The summed E-state index contributed by atoms with van der Waals surface area (Å²) in [5, 5.41) is 14.6. The van der Waals surface area contributed by atoms with E-state index in [-0.39, 0.29) is 22.3 Å². The maximum atomic E-state index is 12.5. The third kappa shape index (κ3) is 5.76. The number of carbonyl (C=O) groups excluding carboxylic acids is 2. The second-order valence-electron chi connectivity index (χ2n) is 7.38. The van der Waals surface area contributed by atoms with Crippen molar-refractivity contribution in [2.45, 2.75) is 30.9 Å². The Bertz CT molecular complexity index is 1160. The van der Waals surface area contributed by atoms with Crippen LogP contribution in [0.4, 0.5) is 11.4 Å². The summed E-state index contributed by atoms with van der Waals surface area (Å²) in [6, 6.07) is 18.9. The van der Waals surface area contributed by atoms with Gasteiger partial charge in [-0.25, -0.2) is 4.79 Å². The predicted molar refractivity (Wildman–Crippen MR) is 128 cm³/mol. The van der Waals surface area contributed by atoms with Gasteiger partial charge in [-0.15, -0.1) is 11.8 Å². The zero-order chi connectivity index (χ0) is 23.3. The van der Waals surface area contributed by atoms with Gasteiger partial charge in [-0.1, -0.05) is 18.2 Å². The van der Waals surface area contributed by atoms with Crippen molar-refractivity contribution in [3.05, 3.63) is 89.0 Å². The summed E-state index contributed by atoms with van der Waals surface area (Å²) in [5.74, 6) is -1.75. The van der Waals surface area contributed by atoms with Crippen LogP contribution in [0, 0.1) is 13.8 Å². The van der Waals surface area contributed by atoms with Gasteiger partial charge >= 0.3 is 5.97 Å². The van der Waals surface area contributed by atoms with E-state index < -0.39 is 11.9 Å². The van der Waals surface area contributed by atoms with Crippen LogP contribution < -0.4 is 10.6 Å². The van der Waals surface area contributed by atoms with Gasteiger partial charge in [0.15, 0.2) is 0 Å². The van der Waals surface area contributed by atoms with Gasteiger partial charge in [0.1, 0.15) is 0 Å². The molecule has 6 nitrogen and oxygen atoms in total. The molecule has 3 aromatic carbocycles. The first-order chi connectivity index (χ1) is 15.2. The van der Waals surface area contributed by atoms with E-state index in [0.717, 1.165) is 16.1 Å². The first-order valence-electron chi connectivity index (χ1n) is 10.0. The molecular weight excluding hydrogens is 424 g/mol. The number of aryl methyl sites for hydroxylation is 2. The maximum absolute atomic E-state index is 12.5. The van der Waals surface area contributed by atoms with E-state index in [1.54, 1.807) is 24.3 Å². The first-order valence-corrected chi connectivity index (χ1v) is 10.9. The van der Waals surface area contributed by atoms with Gasteiger partial charge in [-0.05, 0) is 80.4 Å². The summed E-state index contributed by atoms with van der Waals surface area (Å²) in [6.07, 6.45) is 0. The van der Waals surface area contributed by atoms with Gasteiger partial charge in [0, 0.05) is 16.3 Å². The van der Waals surface area contributed by atoms with E-state index in [1.165, 1.54) is 29.5 Å². The molecule has 0 aromatic heterocycles. The molecule has 3 aromatic rings. The van der Waals surface area contributed by atoms with E-state index in [1.807, 2.05) is 51.1 Å². The molecule has 0 aliphatic heterocycles. The third-order valence-electron chi connectivity index (χ3n) is 4.97. The third-order valence-corrected chi connectivity index (χ3v) is 6.08. The highest BCUT2D eigenvalue weighted by Gasteiger charge is 2.17. The Morgan fingerprint density at radius 2 is 1.44 bits per heavy atom. The highest BCUT2D eigenvalue weighted by atomic mass is 32.2. The summed E-state index contributed by atoms with van der Waals surface area (Å²) >= 11 is 1.41. The van der Waals surface area contributed by atoms with Crippen molar-refractivity contribution in [3.8, 4) is 0 Å². The van der Waals surface area contributed by atoms with Crippen LogP contribution in [0.1, 0.15) is 38.8 Å². The van der Waals surface area contributed by atoms with Crippen molar-refractivity contribution in [1.82, 2.24) is 0 Å². The lowest BCUT2D eigenvalue weighted by molar-refractivity contribution is -0.115. The van der Waals surface area contributed by atoms with Crippen molar-refractivity contribution in [2.24, 2.45) is 0 Å². The molecular formula is C25H24N2O4S. The lowest BCUT2D eigenvalue weighted by atomic mass is 10.1. The molecule has 7 heteroatoms. The Labute approximate surface area is 191 Å². The molecule has 1 unspecified atom stereocenters. The van der Waals surface area contributed by atoms with Crippen molar-refractivity contribution >= 4 is 40.9 Å². The molecule has 1 atom stereocenters. The van der Waals surface area contributed by atoms with Crippen LogP contribution in [-0.2, 0) is 4.79 Å². The number of hydrogen-bond donors (Lipinski definition) is 3. The summed E-state index contributed by atoms with van der Waals surface area (Å²) < 4.78 is 0. The largest absolute Gasteiger partial charge is 0.478 e. The van der Waals surface area contributed by atoms with Crippen molar-refractivity contribution in [2.75, 3.05) is 10.6 Å². The van der Waals surface area contributed by atoms with Gasteiger partial charge in [-0.2, -0.15) is 0 Å². The molecule has 0 fully saturated rings. The number of aromatic carboxylic acids is 1. The highest BCUT2D eigenvalue weighted by molar-refractivity contribution is 8.00. The van der Waals surface area contributed by atoms with E-state index in [4.69, 9.17) is 0 Å². The van der Waals surface area contributed by atoms with Gasteiger partial charge in [0.05, 0.1) is 16.4 Å². The summed E-state index contributed by atoms with van der Waals surface area (Å²) in [4.78, 5) is 37.2. The number of benzene rings is 3. The lowest BCUT2D eigenvalue weighted by Gasteiger charge is -2.13. The SMILES string of the molecule is Cc1ccc(NC(=O)C(C)Sc2ccc(NC(=O)c3ccccc3C(=O)O)cc2)cc1C. The highest BCUT2D eigenvalue weighted by Crippen LogP contribution is 2.26. The Morgan fingerprint density at radius 1 is 0.812 bits per heavy atom. The Kier molecular flexibility index (Phi) is 7.33. The molecule has 3 rings (SSSR count). The molecule has 3 N–H and O–H groups in total. The van der Waals surface area contributed by atoms with Crippen LogP contribution >= 0.6 is 11.8 Å². The number of carboxylic acid groups (broad SMARTS) is 1. The normalized spacial score (nSPS) is 11.5. The van der Waals surface area contributed by atoms with Crippen molar-refractivity contribution < 1.29 is 19.5 Å². The van der Waals surface area contributed by atoms with E-state index in [0.29, 0.717) is 5.69 Å². The van der Waals surface area contributed by atoms with E-state index in [9.17, 15) is 19.5 Å². The molecule has 32 heavy (non-hydrogen) atoms. The number of carboxylic acids is 1. The summed E-state index contributed by atoms with van der Waals surface area (Å²) in [6.45, 7) is 5.86. The molecule has 0 spiro atoms. The van der Waals surface area contributed by atoms with Crippen LogP contribution in [0.25, 0.3) is 0 Å². The summed E-state index contributed by atoms with van der Waals surface area (Å²) in [5.41, 5.74) is 3.63. The van der Waals surface area contributed by atoms with Crippen LogP contribution in [0.15, 0.2) is 71.6 Å². The Balaban J connectivity index is 1.60. The van der Waals surface area contributed by atoms with Crippen molar-refractivity contribution in [3.63, 3.8) is 0 Å². The molecule has 0 saturated heterocycles. The second kappa shape index (κ2) is 10.2. The van der Waals surface area contributed by atoms with Gasteiger partial charge in [0.2, 0.25) is 5.91 Å². The second-order valence-corrected chi connectivity index (χ2v) is 8.79. The Hall–Kier alpha value is -3.58. The average molecular weight is 449 g/mol. The predicted octanol–water partition coefficient (Wildman–Crippen LogP) is 5.37. The minimum atomic E-state index is -1.16. The molecule has 0 bridgehead atoms. The number of hydrogen-bond acceptors (Lipinski definition) is 4. The van der Waals surface area contributed by atoms with Gasteiger partial charge in [0.25, 0.3) is 5.91 Å². The molecule has 0 radical (unpaired) electrons. The smallest absolute Gasteiger partial charge is 0.336 e. The van der Waals surface area contributed by atoms with E-state index >= 15 is 0 Å². The first kappa shape index (κ1) is 23.1. The van der Waals surface area contributed by atoms with Crippen LogP contribution in [0.5, 0.6) is 0 Å². The molecule has 2 amide bonds. The quantitative estimate of drug-likeness (QED) is 0.422. The van der Waals surface area contributed by atoms with Gasteiger partial charge < -0.3 is 15.7 Å². The van der Waals surface area contributed by atoms with Crippen LogP contribution in [-0.4, -0.2) is 28.1 Å². The van der Waals surface area contributed by atoms with E-state index in [2.05, 4.69) is 10.6 Å². The average Bonchev–Trinajstić information content (AvgIpc) is 2.77. The van der Waals surface area contributed by atoms with Crippen molar-refractivity contribution in [1.29, 1.82) is 0 Å². The topological polar surface area (TPSA) is 95.5 Å². The lowest BCUT2D eigenvalue weighted by Crippen LogP contribution is -2.22. The van der Waals surface area contributed by atoms with Crippen LogP contribution in [0.3, 0.4) is 0 Å². The maximum Gasteiger partial charge on any atom is 0.336 e. The van der Waals surface area contributed by atoms with Gasteiger partial charge in [-0.3, -0.25) is 9.59 Å². The minimum Gasteiger partial charge on any atom is -0.478 e. The number of nitrogens with one attached hydrogen (secondary N) is 2. The summed E-state index contributed by atoms with van der Waals surface area (Å²) in [7, 11) is 0. The number of thioether (sulfide) groups is 1. The molecule has 0 aliphatic carbocycles. The zero-order valence-corrected chi connectivity index (χ0v) is 18.8. The fourth-order valence-corrected chi connectivity index (χ4v) is 3.87. The number of amides is 2. The molecule has 0 saturated carbocycles. The fourth-order valence-electron chi connectivity index (χ4n) is 3.00. The van der Waals surface area contributed by atoms with Crippen LogP contribution in [0.2, 0.25) is 0 Å². The zero-order valence-electron chi connectivity index (χ0n) is 18.0. The Morgan fingerprint density at radius 3 is 2.06 bits per heavy atom. The fraction of sp³-hybridized carbons (Fsp3) is 0.160. The number of carbonyl (C=O) groups is 3. The number of rotatable bonds is 7. The minimum absolute atomic E-state index is 0.0548. The molecule has 0 aliphatic rings. The molecule has 0 heterocycles. The number of anilines is 2. The molecule has 164 valence electrons.